The Morgan fingerprint density at radius 1 is 1.03 bits per heavy atom. The van der Waals surface area contributed by atoms with Crippen LogP contribution in [0.2, 0.25) is 0 Å². The van der Waals surface area contributed by atoms with E-state index in [0.29, 0.717) is 22.0 Å². The van der Waals surface area contributed by atoms with Crippen LogP contribution in [0.1, 0.15) is 27.0 Å². The highest BCUT2D eigenvalue weighted by Crippen LogP contribution is 2.34. The monoisotopic (exact) mass is 400 g/mol. The third-order valence-electron chi connectivity index (χ3n) is 5.01. The van der Waals surface area contributed by atoms with Crippen molar-refractivity contribution in [3.8, 4) is 0 Å². The number of carbonyl (C=O) groups is 1. The highest BCUT2D eigenvalue weighted by molar-refractivity contribution is 6.17. The maximum absolute atomic E-state index is 14.4. The molecule has 4 aromatic rings. The van der Waals surface area contributed by atoms with Gasteiger partial charge in [0.05, 0.1) is 17.6 Å². The first-order valence-electron chi connectivity index (χ1n) is 8.84. The lowest BCUT2D eigenvalue weighted by molar-refractivity contribution is -0.137. The number of halogens is 4. The Morgan fingerprint density at radius 3 is 2.48 bits per heavy atom. The number of amides is 1. The van der Waals surface area contributed by atoms with Crippen LogP contribution in [-0.4, -0.2) is 10.5 Å². The molecule has 1 heterocycles. The van der Waals surface area contributed by atoms with Gasteiger partial charge in [0.2, 0.25) is 5.91 Å². The number of nitrogens with zero attached hydrogens (tertiary/aromatic N) is 1. The molecule has 0 aliphatic carbocycles. The number of aryl methyl sites for hydroxylation is 1. The van der Waals surface area contributed by atoms with Crippen LogP contribution in [0.25, 0.3) is 21.8 Å². The molecule has 0 saturated heterocycles. The molecule has 29 heavy (non-hydrogen) atoms. The summed E-state index contributed by atoms with van der Waals surface area (Å²) in [6.07, 6.45) is -4.57. The molecule has 3 nitrogen and oxygen atoms in total. The van der Waals surface area contributed by atoms with Gasteiger partial charge in [-0.25, -0.2) is 4.39 Å². The largest absolute Gasteiger partial charge is 0.416 e. The summed E-state index contributed by atoms with van der Waals surface area (Å²) in [5.74, 6) is -1.34. The Hall–Kier alpha value is -3.35. The van der Waals surface area contributed by atoms with Gasteiger partial charge in [0.25, 0.3) is 0 Å². The fourth-order valence-corrected chi connectivity index (χ4v) is 3.67. The zero-order valence-electron chi connectivity index (χ0n) is 15.3. The lowest BCUT2D eigenvalue weighted by Crippen LogP contribution is -2.11. The predicted molar refractivity (Wildman–Crippen MR) is 103 cm³/mol. The second-order valence-corrected chi connectivity index (χ2v) is 6.97. The minimum atomic E-state index is -4.57. The Morgan fingerprint density at radius 2 is 1.79 bits per heavy atom. The highest BCUT2D eigenvalue weighted by atomic mass is 19.4. The summed E-state index contributed by atoms with van der Waals surface area (Å²) in [5.41, 5.74) is 7.02. The second kappa shape index (κ2) is 6.62. The molecule has 3 aromatic carbocycles. The van der Waals surface area contributed by atoms with Crippen molar-refractivity contribution >= 4 is 27.7 Å². The minimum absolute atomic E-state index is 0.0930. The standard InChI is InChI=1S/C22H16F4N2O/c1-12-5-7-15-19(9-12)28(18-4-2-3-16(20(15)18)21(27)29)11-13-10-14(22(24,25)26)6-8-17(13)23/h2-10H,11H2,1H3,(H2,27,29). The Labute approximate surface area is 163 Å². The van der Waals surface area contributed by atoms with Crippen LogP contribution >= 0.6 is 0 Å². The molecule has 0 bridgehead atoms. The molecule has 2 N–H and O–H groups in total. The number of hydrogen-bond acceptors (Lipinski definition) is 1. The summed E-state index contributed by atoms with van der Waals surface area (Å²) >= 11 is 0. The van der Waals surface area contributed by atoms with Crippen LogP contribution in [0.3, 0.4) is 0 Å². The van der Waals surface area contributed by atoms with Crippen molar-refractivity contribution < 1.29 is 22.4 Å². The van der Waals surface area contributed by atoms with Gasteiger partial charge in [-0.05, 0) is 48.9 Å². The van der Waals surface area contributed by atoms with Gasteiger partial charge in [0, 0.05) is 27.4 Å². The third kappa shape index (κ3) is 3.22. The topological polar surface area (TPSA) is 48.0 Å². The highest BCUT2D eigenvalue weighted by Gasteiger charge is 2.31. The first-order chi connectivity index (χ1) is 13.7. The number of carbonyl (C=O) groups excluding carboxylic acids is 1. The number of rotatable bonds is 3. The van der Waals surface area contributed by atoms with Gasteiger partial charge in [-0.15, -0.1) is 0 Å². The molecular formula is C22H16F4N2O. The van der Waals surface area contributed by atoms with Crippen LogP contribution in [-0.2, 0) is 12.7 Å². The predicted octanol–water partition coefficient (Wildman–Crippen LogP) is 5.41. The first kappa shape index (κ1) is 19.0. The molecule has 0 radical (unpaired) electrons. The summed E-state index contributed by atoms with van der Waals surface area (Å²) in [6.45, 7) is 1.75. The number of nitrogens with two attached hydrogens (primary N) is 1. The van der Waals surface area contributed by atoms with Gasteiger partial charge in [-0.3, -0.25) is 4.79 Å². The van der Waals surface area contributed by atoms with Gasteiger partial charge in [0.1, 0.15) is 5.82 Å². The van der Waals surface area contributed by atoms with Crippen LogP contribution in [0.4, 0.5) is 17.6 Å². The average Bonchev–Trinajstić information content (AvgIpc) is 2.95. The molecule has 0 aliphatic heterocycles. The van der Waals surface area contributed by atoms with Crippen molar-refractivity contribution in [1.29, 1.82) is 0 Å². The number of hydrogen-bond donors (Lipinski definition) is 1. The van der Waals surface area contributed by atoms with Crippen molar-refractivity contribution in [2.75, 3.05) is 0 Å². The summed E-state index contributed by atoms with van der Waals surface area (Å²) in [5, 5.41) is 1.33. The van der Waals surface area contributed by atoms with E-state index in [0.717, 1.165) is 29.1 Å². The van der Waals surface area contributed by atoms with Crippen LogP contribution in [0.15, 0.2) is 54.6 Å². The number of aromatic nitrogens is 1. The fourth-order valence-electron chi connectivity index (χ4n) is 3.67. The number of primary amides is 1. The number of alkyl halides is 3. The SMILES string of the molecule is Cc1ccc2c3c(C(N)=O)cccc3n(Cc3cc(C(F)(F)F)ccc3F)c2c1. The van der Waals surface area contributed by atoms with Crippen LogP contribution < -0.4 is 5.73 Å². The Bertz CT molecular complexity index is 1270. The van der Waals surface area contributed by atoms with E-state index in [1.165, 1.54) is 0 Å². The van der Waals surface area contributed by atoms with E-state index in [2.05, 4.69) is 0 Å². The van der Waals surface area contributed by atoms with Crippen LogP contribution in [0, 0.1) is 12.7 Å². The number of benzene rings is 3. The van der Waals surface area contributed by atoms with Gasteiger partial charge < -0.3 is 10.3 Å². The molecule has 0 saturated carbocycles. The maximum Gasteiger partial charge on any atom is 0.416 e. The smallest absolute Gasteiger partial charge is 0.366 e. The summed E-state index contributed by atoms with van der Waals surface area (Å²) in [7, 11) is 0. The first-order valence-corrected chi connectivity index (χ1v) is 8.84. The summed E-state index contributed by atoms with van der Waals surface area (Å²) in [6, 6.07) is 12.9. The van der Waals surface area contributed by atoms with Crippen LogP contribution in [0.5, 0.6) is 0 Å². The normalized spacial score (nSPS) is 12.0. The second-order valence-electron chi connectivity index (χ2n) is 6.97. The lowest BCUT2D eigenvalue weighted by Gasteiger charge is -2.12. The zero-order chi connectivity index (χ0) is 20.9. The molecule has 7 heteroatoms. The van der Waals surface area contributed by atoms with Crippen molar-refractivity contribution in [1.82, 2.24) is 4.57 Å². The van der Waals surface area contributed by atoms with E-state index in [-0.39, 0.29) is 12.1 Å². The van der Waals surface area contributed by atoms with Crippen molar-refractivity contribution in [2.24, 2.45) is 5.73 Å². The molecule has 0 aliphatic rings. The van der Waals surface area contributed by atoms with E-state index >= 15 is 0 Å². The molecule has 0 atom stereocenters. The summed E-state index contributed by atoms with van der Waals surface area (Å²) in [4.78, 5) is 11.9. The molecule has 0 unspecified atom stereocenters. The fraction of sp³-hybridized carbons (Fsp3) is 0.136. The van der Waals surface area contributed by atoms with Gasteiger partial charge in [0.15, 0.2) is 0 Å². The van der Waals surface area contributed by atoms with Gasteiger partial charge >= 0.3 is 6.18 Å². The maximum atomic E-state index is 14.4. The third-order valence-corrected chi connectivity index (χ3v) is 5.01. The van der Waals surface area contributed by atoms with E-state index in [9.17, 15) is 22.4 Å². The average molecular weight is 400 g/mol. The van der Waals surface area contributed by atoms with E-state index in [1.54, 1.807) is 22.8 Å². The van der Waals surface area contributed by atoms with Crippen molar-refractivity contribution in [3.63, 3.8) is 0 Å². The minimum Gasteiger partial charge on any atom is -0.366 e. The quantitative estimate of drug-likeness (QED) is 0.460. The molecule has 1 aromatic heterocycles. The molecule has 148 valence electrons. The van der Waals surface area contributed by atoms with Crippen molar-refractivity contribution in [3.05, 3.63) is 82.7 Å². The molecule has 0 fully saturated rings. The number of fused-ring (bicyclic) bond motifs is 3. The van der Waals surface area contributed by atoms with E-state index in [1.807, 2.05) is 25.1 Å². The van der Waals surface area contributed by atoms with E-state index in [4.69, 9.17) is 5.73 Å². The Kier molecular flexibility index (Phi) is 4.33. The van der Waals surface area contributed by atoms with Gasteiger partial charge in [-0.1, -0.05) is 18.2 Å². The Balaban J connectivity index is 2.00. The molecule has 0 spiro atoms. The molecular weight excluding hydrogens is 384 g/mol. The van der Waals surface area contributed by atoms with E-state index < -0.39 is 23.5 Å². The summed E-state index contributed by atoms with van der Waals surface area (Å²) < 4.78 is 55.4. The molecule has 4 rings (SSSR count). The lowest BCUT2D eigenvalue weighted by atomic mass is 10.1. The zero-order valence-corrected chi connectivity index (χ0v) is 15.3. The molecule has 1 amide bonds. The van der Waals surface area contributed by atoms with Gasteiger partial charge in [-0.2, -0.15) is 13.2 Å². The van der Waals surface area contributed by atoms with Crippen molar-refractivity contribution in [2.45, 2.75) is 19.6 Å².